The molecule has 2 aromatic rings. The van der Waals surface area contributed by atoms with Gasteiger partial charge in [0.1, 0.15) is 10.3 Å². The summed E-state index contributed by atoms with van der Waals surface area (Å²) < 4.78 is 0. The van der Waals surface area contributed by atoms with Crippen molar-refractivity contribution in [3.05, 3.63) is 40.6 Å². The normalized spacial score (nSPS) is 11.2. The van der Waals surface area contributed by atoms with Crippen molar-refractivity contribution in [1.29, 1.82) is 0 Å². The van der Waals surface area contributed by atoms with Gasteiger partial charge in [0.15, 0.2) is 5.16 Å². The van der Waals surface area contributed by atoms with Crippen molar-refractivity contribution < 1.29 is 4.79 Å². The minimum Gasteiger partial charge on any atom is -0.326 e. The summed E-state index contributed by atoms with van der Waals surface area (Å²) >= 11 is 13.0. The third kappa shape index (κ3) is 6.67. The Kier molecular flexibility index (Phi) is 9.11. The van der Waals surface area contributed by atoms with Crippen LogP contribution in [0.4, 0.5) is 5.69 Å². The van der Waals surface area contributed by atoms with Gasteiger partial charge in [0.2, 0.25) is 5.91 Å². The lowest BCUT2D eigenvalue weighted by molar-refractivity contribution is -0.119. The van der Waals surface area contributed by atoms with Crippen LogP contribution in [0.15, 0.2) is 40.4 Å². The molecule has 0 aliphatic carbocycles. The molecule has 1 heterocycles. The van der Waals surface area contributed by atoms with Crippen LogP contribution in [-0.2, 0) is 4.79 Å². The lowest BCUT2D eigenvalue weighted by Crippen LogP contribution is -2.19. The second kappa shape index (κ2) is 10.5. The molecule has 2 rings (SSSR count). The number of halogens is 2. The van der Waals surface area contributed by atoms with E-state index >= 15 is 0 Å². The Morgan fingerprint density at radius 3 is 2.21 bits per heavy atom. The molecule has 0 spiro atoms. The number of anilines is 1. The lowest BCUT2D eigenvalue weighted by Gasteiger charge is -2.10. The second-order valence-corrected chi connectivity index (χ2v) is 6.54. The summed E-state index contributed by atoms with van der Waals surface area (Å²) in [6.07, 6.45) is 0.812. The van der Waals surface area contributed by atoms with E-state index in [0.29, 0.717) is 15.5 Å². The van der Waals surface area contributed by atoms with Crippen LogP contribution >= 0.6 is 35.0 Å². The summed E-state index contributed by atoms with van der Waals surface area (Å²) in [6, 6.07) is 8.94. The SMILES string of the molecule is CC.CCC(C)C(=O)Nc1ccc(Sc2nc(Cl)cc(Cl)n2)cc1. The highest BCUT2D eigenvalue weighted by atomic mass is 35.5. The molecule has 4 nitrogen and oxygen atoms in total. The molecule has 1 amide bonds. The number of hydrogen-bond donors (Lipinski definition) is 1. The van der Waals surface area contributed by atoms with Crippen molar-refractivity contribution in [3.63, 3.8) is 0 Å². The summed E-state index contributed by atoms with van der Waals surface area (Å²) in [5.41, 5.74) is 0.764. The first-order valence-corrected chi connectivity index (χ1v) is 9.34. The zero-order chi connectivity index (χ0) is 18.1. The standard InChI is InChI=1S/C15H15Cl2N3OS.C2H6/c1-3-9(2)14(21)18-10-4-6-11(7-5-10)22-15-19-12(16)8-13(17)20-15;1-2/h4-9H,3H2,1-2H3,(H,18,21);1-2H3. The van der Waals surface area contributed by atoms with Gasteiger partial charge in [-0.25, -0.2) is 9.97 Å². The average molecular weight is 386 g/mol. The Balaban J connectivity index is 0.00000139. The van der Waals surface area contributed by atoms with Gasteiger partial charge in [0.25, 0.3) is 0 Å². The van der Waals surface area contributed by atoms with E-state index in [2.05, 4.69) is 15.3 Å². The Morgan fingerprint density at radius 2 is 1.71 bits per heavy atom. The van der Waals surface area contributed by atoms with Crippen molar-refractivity contribution in [3.8, 4) is 0 Å². The van der Waals surface area contributed by atoms with Crippen LogP contribution < -0.4 is 5.32 Å². The van der Waals surface area contributed by atoms with Gasteiger partial charge >= 0.3 is 0 Å². The zero-order valence-corrected chi connectivity index (χ0v) is 16.5. The first kappa shape index (κ1) is 20.7. The third-order valence-corrected chi connectivity index (χ3v) is 4.29. The molecule has 0 bridgehead atoms. The van der Waals surface area contributed by atoms with E-state index in [1.807, 2.05) is 52.0 Å². The number of carbonyl (C=O) groups excluding carboxylic acids is 1. The molecule has 1 aromatic carbocycles. The van der Waals surface area contributed by atoms with E-state index in [4.69, 9.17) is 23.2 Å². The van der Waals surface area contributed by atoms with Gasteiger partial charge in [0.05, 0.1) is 0 Å². The Bertz CT molecular complexity index is 645. The topological polar surface area (TPSA) is 54.9 Å². The monoisotopic (exact) mass is 385 g/mol. The third-order valence-electron chi connectivity index (χ3n) is 3.03. The number of rotatable bonds is 5. The number of benzene rings is 1. The van der Waals surface area contributed by atoms with Crippen LogP contribution in [0.25, 0.3) is 0 Å². The molecule has 0 fully saturated rings. The van der Waals surface area contributed by atoms with Gasteiger partial charge in [-0.1, -0.05) is 50.9 Å². The predicted octanol–water partition coefficient (Wildman–Crippen LogP) is 5.95. The minimum atomic E-state index is -0.00365. The number of aromatic nitrogens is 2. The van der Waals surface area contributed by atoms with E-state index in [9.17, 15) is 4.79 Å². The van der Waals surface area contributed by atoms with Crippen LogP contribution in [0, 0.1) is 5.92 Å². The van der Waals surface area contributed by atoms with Crippen molar-refractivity contribution in [2.45, 2.75) is 44.2 Å². The smallest absolute Gasteiger partial charge is 0.227 e. The second-order valence-electron chi connectivity index (χ2n) is 4.72. The largest absolute Gasteiger partial charge is 0.326 e. The predicted molar refractivity (Wildman–Crippen MR) is 102 cm³/mol. The summed E-state index contributed by atoms with van der Waals surface area (Å²) in [5, 5.41) is 3.97. The number of nitrogens with zero attached hydrogens (tertiary/aromatic N) is 2. The Labute approximate surface area is 157 Å². The van der Waals surface area contributed by atoms with Crippen LogP contribution in [0.1, 0.15) is 34.1 Å². The molecule has 0 saturated carbocycles. The Morgan fingerprint density at radius 1 is 1.17 bits per heavy atom. The van der Waals surface area contributed by atoms with Crippen molar-refractivity contribution in [2.24, 2.45) is 5.92 Å². The number of nitrogens with one attached hydrogen (secondary N) is 1. The molecule has 1 N–H and O–H groups in total. The van der Waals surface area contributed by atoms with Gasteiger partial charge in [-0.2, -0.15) is 0 Å². The summed E-state index contributed by atoms with van der Waals surface area (Å²) in [5.74, 6) is 0.0175. The minimum absolute atomic E-state index is 0.00365. The molecular weight excluding hydrogens is 365 g/mol. The molecule has 0 aliphatic rings. The number of hydrogen-bond acceptors (Lipinski definition) is 4. The molecule has 24 heavy (non-hydrogen) atoms. The van der Waals surface area contributed by atoms with Gasteiger partial charge in [-0.3, -0.25) is 4.79 Å². The molecule has 1 unspecified atom stereocenters. The van der Waals surface area contributed by atoms with Gasteiger partial charge in [-0.15, -0.1) is 0 Å². The van der Waals surface area contributed by atoms with Crippen molar-refractivity contribution >= 4 is 46.6 Å². The van der Waals surface area contributed by atoms with Gasteiger partial charge < -0.3 is 5.32 Å². The lowest BCUT2D eigenvalue weighted by atomic mass is 10.1. The maximum atomic E-state index is 11.8. The summed E-state index contributed by atoms with van der Waals surface area (Å²) in [6.45, 7) is 7.89. The highest BCUT2D eigenvalue weighted by molar-refractivity contribution is 7.99. The molecule has 130 valence electrons. The maximum Gasteiger partial charge on any atom is 0.227 e. The van der Waals surface area contributed by atoms with Crippen LogP contribution in [0.5, 0.6) is 0 Å². The maximum absolute atomic E-state index is 11.8. The van der Waals surface area contributed by atoms with Crippen LogP contribution in [0.2, 0.25) is 10.3 Å². The summed E-state index contributed by atoms with van der Waals surface area (Å²) in [7, 11) is 0. The zero-order valence-electron chi connectivity index (χ0n) is 14.1. The highest BCUT2D eigenvalue weighted by Gasteiger charge is 2.10. The van der Waals surface area contributed by atoms with E-state index in [0.717, 1.165) is 17.0 Å². The van der Waals surface area contributed by atoms with Crippen LogP contribution in [-0.4, -0.2) is 15.9 Å². The molecule has 1 atom stereocenters. The van der Waals surface area contributed by atoms with Gasteiger partial charge in [0, 0.05) is 22.6 Å². The van der Waals surface area contributed by atoms with E-state index in [1.54, 1.807) is 0 Å². The first-order valence-electron chi connectivity index (χ1n) is 7.76. The number of carbonyl (C=O) groups is 1. The molecule has 1 aromatic heterocycles. The molecule has 0 radical (unpaired) electrons. The van der Waals surface area contributed by atoms with E-state index in [1.165, 1.54) is 17.8 Å². The number of amides is 1. The molecule has 7 heteroatoms. The van der Waals surface area contributed by atoms with Crippen molar-refractivity contribution in [1.82, 2.24) is 9.97 Å². The molecule has 0 saturated heterocycles. The summed E-state index contributed by atoms with van der Waals surface area (Å²) in [4.78, 5) is 21.0. The first-order chi connectivity index (χ1) is 11.5. The average Bonchev–Trinajstić information content (AvgIpc) is 2.56. The fourth-order valence-electron chi connectivity index (χ4n) is 1.58. The van der Waals surface area contributed by atoms with Gasteiger partial charge in [-0.05, 0) is 42.4 Å². The highest BCUT2D eigenvalue weighted by Crippen LogP contribution is 2.28. The van der Waals surface area contributed by atoms with Crippen molar-refractivity contribution in [2.75, 3.05) is 5.32 Å². The fourth-order valence-corrected chi connectivity index (χ4v) is 2.87. The van der Waals surface area contributed by atoms with E-state index in [-0.39, 0.29) is 11.8 Å². The molecular formula is C17H21Cl2N3OS. The van der Waals surface area contributed by atoms with E-state index < -0.39 is 0 Å². The van der Waals surface area contributed by atoms with Crippen LogP contribution in [0.3, 0.4) is 0 Å². The quantitative estimate of drug-likeness (QED) is 0.510. The molecule has 0 aliphatic heterocycles. The Hall–Kier alpha value is -1.30. The fraction of sp³-hybridized carbons (Fsp3) is 0.353.